The van der Waals surface area contributed by atoms with Gasteiger partial charge in [0.2, 0.25) is 15.9 Å². The summed E-state index contributed by atoms with van der Waals surface area (Å²) in [5.41, 5.74) is 0. The van der Waals surface area contributed by atoms with E-state index in [0.29, 0.717) is 38.5 Å². The fraction of sp³-hybridized carbons (Fsp3) is 0.933. The Morgan fingerprint density at radius 2 is 1.81 bits per heavy atom. The number of carbonyl (C=O) groups is 1. The lowest BCUT2D eigenvalue weighted by atomic mass is 9.86. The minimum absolute atomic E-state index is 0.145. The zero-order chi connectivity index (χ0) is 15.0. The van der Waals surface area contributed by atoms with Gasteiger partial charge in [-0.1, -0.05) is 6.42 Å². The van der Waals surface area contributed by atoms with Crippen LogP contribution in [-0.4, -0.2) is 55.5 Å². The number of nitrogens with zero attached hydrogens (tertiary/aromatic N) is 2. The van der Waals surface area contributed by atoms with Crippen molar-refractivity contribution in [3.05, 3.63) is 0 Å². The Morgan fingerprint density at radius 1 is 1.10 bits per heavy atom. The predicted molar refractivity (Wildman–Crippen MR) is 81.2 cm³/mol. The summed E-state index contributed by atoms with van der Waals surface area (Å²) >= 11 is 0. The number of piperazine rings is 1. The fourth-order valence-corrected chi connectivity index (χ4v) is 5.46. The Labute approximate surface area is 127 Å². The topological polar surface area (TPSA) is 57.7 Å². The Balaban J connectivity index is 1.49. The van der Waals surface area contributed by atoms with Crippen molar-refractivity contribution in [3.8, 4) is 0 Å². The molecule has 2 aliphatic carbocycles. The van der Waals surface area contributed by atoms with Gasteiger partial charge in [-0.2, -0.15) is 4.31 Å². The fourth-order valence-electron chi connectivity index (χ4n) is 4.38. The third-order valence-electron chi connectivity index (χ3n) is 5.67. The lowest BCUT2D eigenvalue weighted by molar-refractivity contribution is -0.133. The molecule has 3 atom stereocenters. The highest BCUT2D eigenvalue weighted by atomic mass is 32.2. The first-order valence-corrected chi connectivity index (χ1v) is 9.86. The molecular weight excluding hydrogens is 288 g/mol. The van der Waals surface area contributed by atoms with E-state index in [2.05, 4.69) is 0 Å². The van der Waals surface area contributed by atoms with Crippen molar-refractivity contribution in [2.45, 2.75) is 39.0 Å². The van der Waals surface area contributed by atoms with E-state index >= 15 is 0 Å². The molecular formula is C15H26N2O3S. The first kappa shape index (κ1) is 15.3. The first-order chi connectivity index (χ1) is 9.99. The van der Waals surface area contributed by atoms with Crippen molar-refractivity contribution < 1.29 is 13.2 Å². The Bertz CT molecular complexity index is 497. The van der Waals surface area contributed by atoms with E-state index in [1.165, 1.54) is 30.0 Å². The molecule has 1 saturated heterocycles. The van der Waals surface area contributed by atoms with Crippen molar-refractivity contribution in [3.63, 3.8) is 0 Å². The van der Waals surface area contributed by atoms with Gasteiger partial charge in [0.15, 0.2) is 0 Å². The highest BCUT2D eigenvalue weighted by Gasteiger charge is 2.41. The second-order valence-corrected chi connectivity index (χ2v) is 9.08. The van der Waals surface area contributed by atoms with E-state index in [9.17, 15) is 13.2 Å². The third kappa shape index (κ3) is 3.11. The molecule has 120 valence electrons. The van der Waals surface area contributed by atoms with Gasteiger partial charge in [0.05, 0.1) is 5.75 Å². The van der Waals surface area contributed by atoms with Gasteiger partial charge in [-0.05, 0) is 43.9 Å². The highest BCUT2D eigenvalue weighted by molar-refractivity contribution is 7.89. The van der Waals surface area contributed by atoms with Crippen LogP contribution in [0.5, 0.6) is 0 Å². The van der Waals surface area contributed by atoms with E-state index in [0.717, 1.165) is 11.8 Å². The second kappa shape index (κ2) is 5.88. The van der Waals surface area contributed by atoms with Crippen LogP contribution in [0.25, 0.3) is 0 Å². The Hall–Kier alpha value is -0.620. The average molecular weight is 314 g/mol. The summed E-state index contributed by atoms with van der Waals surface area (Å²) in [6.07, 6.45) is 5.93. The maximum Gasteiger partial charge on any atom is 0.222 e. The molecule has 1 heterocycles. The molecule has 0 spiro atoms. The minimum atomic E-state index is -3.10. The maximum absolute atomic E-state index is 12.4. The van der Waals surface area contributed by atoms with Crippen LogP contribution in [0.2, 0.25) is 0 Å². The van der Waals surface area contributed by atoms with Crippen LogP contribution < -0.4 is 0 Å². The van der Waals surface area contributed by atoms with Crippen molar-refractivity contribution >= 4 is 15.9 Å². The van der Waals surface area contributed by atoms with E-state index in [4.69, 9.17) is 0 Å². The minimum Gasteiger partial charge on any atom is -0.340 e. The number of amides is 1. The quantitative estimate of drug-likeness (QED) is 0.786. The summed E-state index contributed by atoms with van der Waals surface area (Å²) in [5.74, 6) is 2.63. The zero-order valence-corrected chi connectivity index (χ0v) is 13.6. The molecule has 2 bridgehead atoms. The molecule has 3 rings (SSSR count). The largest absolute Gasteiger partial charge is 0.340 e. The summed E-state index contributed by atoms with van der Waals surface area (Å²) in [6.45, 7) is 3.69. The average Bonchev–Trinajstić information content (AvgIpc) is 3.10. The molecule has 0 N–H and O–H groups in total. The summed E-state index contributed by atoms with van der Waals surface area (Å²) in [5, 5.41) is 0. The summed E-state index contributed by atoms with van der Waals surface area (Å²) in [7, 11) is -3.10. The van der Waals surface area contributed by atoms with Gasteiger partial charge in [-0.15, -0.1) is 0 Å². The summed E-state index contributed by atoms with van der Waals surface area (Å²) < 4.78 is 25.2. The van der Waals surface area contributed by atoms with Crippen molar-refractivity contribution in [2.75, 3.05) is 31.9 Å². The van der Waals surface area contributed by atoms with Crippen LogP contribution in [0.3, 0.4) is 0 Å². The number of hydrogen-bond donors (Lipinski definition) is 0. The van der Waals surface area contributed by atoms with Crippen LogP contribution in [0.15, 0.2) is 0 Å². The van der Waals surface area contributed by atoms with E-state index in [1.54, 1.807) is 6.92 Å². The lowest BCUT2D eigenvalue weighted by Crippen LogP contribution is -2.51. The van der Waals surface area contributed by atoms with E-state index in [1.807, 2.05) is 4.90 Å². The summed E-state index contributed by atoms with van der Waals surface area (Å²) in [4.78, 5) is 14.3. The molecule has 0 radical (unpaired) electrons. The molecule has 0 aromatic rings. The molecule has 1 aliphatic heterocycles. The molecule has 3 aliphatic rings. The molecule has 0 aromatic carbocycles. The predicted octanol–water partition coefficient (Wildman–Crippen LogP) is 1.31. The number of sulfonamides is 1. The SMILES string of the molecule is CCS(=O)(=O)N1CCN(C(=O)CC2CC3CCC2C3)CC1. The third-order valence-corrected chi connectivity index (χ3v) is 7.55. The molecule has 0 aromatic heterocycles. The van der Waals surface area contributed by atoms with Crippen LogP contribution in [0, 0.1) is 17.8 Å². The summed E-state index contributed by atoms with van der Waals surface area (Å²) in [6, 6.07) is 0. The Kier molecular flexibility index (Phi) is 4.28. The molecule has 21 heavy (non-hydrogen) atoms. The van der Waals surface area contributed by atoms with Gasteiger partial charge in [0, 0.05) is 32.6 Å². The number of hydrogen-bond acceptors (Lipinski definition) is 3. The highest BCUT2D eigenvalue weighted by Crippen LogP contribution is 2.49. The Morgan fingerprint density at radius 3 is 2.33 bits per heavy atom. The van der Waals surface area contributed by atoms with Crippen molar-refractivity contribution in [1.82, 2.24) is 9.21 Å². The molecule has 1 amide bonds. The van der Waals surface area contributed by atoms with Crippen molar-refractivity contribution in [2.24, 2.45) is 17.8 Å². The van der Waals surface area contributed by atoms with Gasteiger partial charge < -0.3 is 4.90 Å². The van der Waals surface area contributed by atoms with Gasteiger partial charge >= 0.3 is 0 Å². The molecule has 6 heteroatoms. The molecule has 5 nitrogen and oxygen atoms in total. The van der Waals surface area contributed by atoms with Crippen LogP contribution in [0.4, 0.5) is 0 Å². The lowest BCUT2D eigenvalue weighted by Gasteiger charge is -2.35. The van der Waals surface area contributed by atoms with Gasteiger partial charge in [0.25, 0.3) is 0 Å². The van der Waals surface area contributed by atoms with Crippen LogP contribution >= 0.6 is 0 Å². The smallest absolute Gasteiger partial charge is 0.222 e. The second-order valence-electron chi connectivity index (χ2n) is 6.82. The van der Waals surface area contributed by atoms with E-state index < -0.39 is 10.0 Å². The van der Waals surface area contributed by atoms with Crippen molar-refractivity contribution in [1.29, 1.82) is 0 Å². The number of rotatable bonds is 4. The zero-order valence-electron chi connectivity index (χ0n) is 12.8. The van der Waals surface area contributed by atoms with Crippen LogP contribution in [-0.2, 0) is 14.8 Å². The standard InChI is InChI=1S/C15H26N2O3S/c1-2-21(19,20)17-7-5-16(6-8-17)15(18)11-14-10-12-3-4-13(14)9-12/h12-14H,2-11H2,1H3. The first-order valence-electron chi connectivity index (χ1n) is 8.25. The monoisotopic (exact) mass is 314 g/mol. The molecule has 3 unspecified atom stereocenters. The normalized spacial score (nSPS) is 33.6. The molecule has 3 fully saturated rings. The van der Waals surface area contributed by atoms with Gasteiger partial charge in [0.1, 0.15) is 0 Å². The van der Waals surface area contributed by atoms with Gasteiger partial charge in [-0.3, -0.25) is 4.79 Å². The number of fused-ring (bicyclic) bond motifs is 2. The van der Waals surface area contributed by atoms with E-state index in [-0.39, 0.29) is 11.7 Å². The van der Waals surface area contributed by atoms with Crippen LogP contribution in [0.1, 0.15) is 39.0 Å². The maximum atomic E-state index is 12.4. The van der Waals surface area contributed by atoms with Gasteiger partial charge in [-0.25, -0.2) is 8.42 Å². The number of carbonyl (C=O) groups excluding carboxylic acids is 1. The molecule has 2 saturated carbocycles.